The number of thioether (sulfide) groups is 1. The van der Waals surface area contributed by atoms with Gasteiger partial charge in [0, 0.05) is 11.6 Å². The van der Waals surface area contributed by atoms with Crippen molar-refractivity contribution >= 4 is 17.5 Å². The van der Waals surface area contributed by atoms with Crippen LogP contribution in [0.5, 0.6) is 11.5 Å². The molecule has 2 aromatic carbocycles. The summed E-state index contributed by atoms with van der Waals surface area (Å²) in [5.74, 6) is -0.868. The van der Waals surface area contributed by atoms with E-state index in [2.05, 4.69) is 10.2 Å². The molecular formula is C19H16F2N2O4S. The first-order valence-electron chi connectivity index (χ1n) is 8.14. The van der Waals surface area contributed by atoms with Gasteiger partial charge in [0.1, 0.15) is 11.6 Å². The fraction of sp³-hybridized carbons (Fsp3) is 0.211. The lowest BCUT2D eigenvalue weighted by atomic mass is 10.1. The van der Waals surface area contributed by atoms with Crippen LogP contribution < -0.4 is 9.47 Å². The molecule has 0 fully saturated rings. The van der Waals surface area contributed by atoms with E-state index in [1.54, 1.807) is 25.1 Å². The molecule has 0 saturated carbocycles. The molecule has 1 unspecified atom stereocenters. The van der Waals surface area contributed by atoms with Gasteiger partial charge in [0.25, 0.3) is 5.22 Å². The summed E-state index contributed by atoms with van der Waals surface area (Å²) in [6.45, 7) is 1.58. The van der Waals surface area contributed by atoms with Gasteiger partial charge >= 0.3 is 0 Å². The van der Waals surface area contributed by atoms with Crippen LogP contribution in [0.2, 0.25) is 0 Å². The molecule has 1 aromatic heterocycles. The number of Topliss-reactive ketones (excluding diaryl/α,β-unsaturated/α-hetero) is 1. The Balaban J connectivity index is 1.76. The van der Waals surface area contributed by atoms with Crippen LogP contribution in [0, 0.1) is 11.6 Å². The third-order valence-corrected chi connectivity index (χ3v) is 4.81. The largest absolute Gasteiger partial charge is 0.493 e. The molecule has 3 aromatic rings. The topological polar surface area (TPSA) is 74.5 Å². The predicted molar refractivity (Wildman–Crippen MR) is 98.8 cm³/mol. The van der Waals surface area contributed by atoms with Crippen molar-refractivity contribution in [1.82, 2.24) is 10.2 Å². The number of carbonyl (C=O) groups excluding carboxylic acids is 1. The third-order valence-electron chi connectivity index (χ3n) is 3.88. The Kier molecular flexibility index (Phi) is 5.93. The van der Waals surface area contributed by atoms with Crippen LogP contribution in [-0.2, 0) is 0 Å². The summed E-state index contributed by atoms with van der Waals surface area (Å²) < 4.78 is 42.8. The van der Waals surface area contributed by atoms with Gasteiger partial charge in [-0.25, -0.2) is 8.78 Å². The summed E-state index contributed by atoms with van der Waals surface area (Å²) in [7, 11) is 3.04. The molecule has 0 saturated heterocycles. The molecule has 0 amide bonds. The number of ether oxygens (including phenoxy) is 2. The third kappa shape index (κ3) is 4.14. The molecule has 0 spiro atoms. The molecular weight excluding hydrogens is 390 g/mol. The number of hydrogen-bond donors (Lipinski definition) is 0. The number of nitrogens with zero attached hydrogens (tertiary/aromatic N) is 2. The zero-order valence-corrected chi connectivity index (χ0v) is 16.0. The quantitative estimate of drug-likeness (QED) is 0.425. The summed E-state index contributed by atoms with van der Waals surface area (Å²) in [5.41, 5.74) is 0.418. The summed E-state index contributed by atoms with van der Waals surface area (Å²) in [6.07, 6.45) is 0. The maximum Gasteiger partial charge on any atom is 0.277 e. The van der Waals surface area contributed by atoms with Gasteiger partial charge in [-0.3, -0.25) is 4.79 Å². The van der Waals surface area contributed by atoms with E-state index >= 15 is 0 Å². The highest BCUT2D eigenvalue weighted by molar-refractivity contribution is 8.00. The highest BCUT2D eigenvalue weighted by Gasteiger charge is 2.23. The first kappa shape index (κ1) is 19.8. The number of methoxy groups -OCH3 is 2. The van der Waals surface area contributed by atoms with Crippen molar-refractivity contribution in [2.75, 3.05) is 14.2 Å². The van der Waals surface area contributed by atoms with Gasteiger partial charge in [-0.15, -0.1) is 10.2 Å². The Morgan fingerprint density at radius 2 is 1.82 bits per heavy atom. The lowest BCUT2D eigenvalue weighted by molar-refractivity contribution is 0.0989. The molecule has 0 radical (unpaired) electrons. The molecule has 0 bridgehead atoms. The van der Waals surface area contributed by atoms with Gasteiger partial charge in [0.15, 0.2) is 17.3 Å². The molecule has 1 heterocycles. The number of carbonyl (C=O) groups is 1. The summed E-state index contributed by atoms with van der Waals surface area (Å²) in [6, 6.07) is 7.94. The van der Waals surface area contributed by atoms with Crippen LogP contribution in [0.25, 0.3) is 11.5 Å². The van der Waals surface area contributed by atoms with E-state index in [-0.39, 0.29) is 16.7 Å². The Labute approximate surface area is 163 Å². The average Bonchev–Trinajstić information content (AvgIpc) is 3.15. The van der Waals surface area contributed by atoms with Crippen molar-refractivity contribution in [2.24, 2.45) is 0 Å². The fourth-order valence-electron chi connectivity index (χ4n) is 2.46. The van der Waals surface area contributed by atoms with Gasteiger partial charge in [-0.05, 0) is 37.3 Å². The maximum absolute atomic E-state index is 13.8. The number of hydrogen-bond acceptors (Lipinski definition) is 7. The molecule has 146 valence electrons. The average molecular weight is 406 g/mol. The summed E-state index contributed by atoms with van der Waals surface area (Å²) >= 11 is 0.986. The van der Waals surface area contributed by atoms with Gasteiger partial charge in [0.2, 0.25) is 5.89 Å². The highest BCUT2D eigenvalue weighted by Crippen LogP contribution is 2.33. The number of benzene rings is 2. The maximum atomic E-state index is 13.8. The van der Waals surface area contributed by atoms with Crippen molar-refractivity contribution < 1.29 is 27.5 Å². The van der Waals surface area contributed by atoms with E-state index in [0.29, 0.717) is 23.1 Å². The van der Waals surface area contributed by atoms with E-state index in [1.165, 1.54) is 14.2 Å². The predicted octanol–water partition coefficient (Wildman–Crippen LogP) is 4.40. The first-order valence-corrected chi connectivity index (χ1v) is 9.02. The monoisotopic (exact) mass is 406 g/mol. The SMILES string of the molecule is COc1ccc(-c2nnc(SC(C)C(=O)c3ccc(F)cc3F)o2)cc1OC. The molecule has 3 rings (SSSR count). The fourth-order valence-corrected chi connectivity index (χ4v) is 3.21. The van der Waals surface area contributed by atoms with Crippen LogP contribution in [-0.4, -0.2) is 35.5 Å². The van der Waals surface area contributed by atoms with E-state index in [1.807, 2.05) is 0 Å². The normalized spacial score (nSPS) is 11.9. The minimum Gasteiger partial charge on any atom is -0.493 e. The van der Waals surface area contributed by atoms with Crippen molar-refractivity contribution in [2.45, 2.75) is 17.4 Å². The second kappa shape index (κ2) is 8.39. The van der Waals surface area contributed by atoms with Gasteiger partial charge < -0.3 is 13.9 Å². The van der Waals surface area contributed by atoms with Crippen LogP contribution in [0.15, 0.2) is 46.0 Å². The molecule has 6 nitrogen and oxygen atoms in total. The Bertz CT molecular complexity index is 1010. The van der Waals surface area contributed by atoms with Crippen LogP contribution in [0.3, 0.4) is 0 Å². The number of halogens is 2. The van der Waals surface area contributed by atoms with Gasteiger partial charge in [-0.1, -0.05) is 11.8 Å². The minimum absolute atomic E-state index is 0.146. The zero-order chi connectivity index (χ0) is 20.3. The molecule has 0 aliphatic carbocycles. The highest BCUT2D eigenvalue weighted by atomic mass is 32.2. The van der Waals surface area contributed by atoms with Gasteiger partial charge in [0.05, 0.1) is 25.0 Å². The van der Waals surface area contributed by atoms with Crippen LogP contribution >= 0.6 is 11.8 Å². The smallest absolute Gasteiger partial charge is 0.277 e. The van der Waals surface area contributed by atoms with Gasteiger partial charge in [-0.2, -0.15) is 0 Å². The van der Waals surface area contributed by atoms with Crippen molar-refractivity contribution in [3.05, 3.63) is 53.6 Å². The molecule has 0 aliphatic heterocycles. The second-order valence-electron chi connectivity index (χ2n) is 5.69. The Hall–Kier alpha value is -2.94. The standard InChI is InChI=1S/C19H16F2N2O4S/c1-10(17(24)13-6-5-12(20)9-14(13)21)28-19-23-22-18(27-19)11-4-7-15(25-2)16(8-11)26-3/h4-10H,1-3H3. The number of aromatic nitrogens is 2. The molecule has 9 heteroatoms. The minimum atomic E-state index is -0.908. The van der Waals surface area contributed by atoms with Crippen LogP contribution in [0.1, 0.15) is 17.3 Å². The van der Waals surface area contributed by atoms with E-state index < -0.39 is 22.7 Å². The lowest BCUT2D eigenvalue weighted by Gasteiger charge is -2.08. The molecule has 0 N–H and O–H groups in total. The van der Waals surface area contributed by atoms with E-state index in [0.717, 1.165) is 23.9 Å². The molecule has 1 atom stereocenters. The van der Waals surface area contributed by atoms with Crippen molar-refractivity contribution in [3.63, 3.8) is 0 Å². The Morgan fingerprint density at radius 1 is 1.07 bits per heavy atom. The summed E-state index contributed by atoms with van der Waals surface area (Å²) in [4.78, 5) is 12.4. The van der Waals surface area contributed by atoms with Crippen LogP contribution in [0.4, 0.5) is 8.78 Å². The summed E-state index contributed by atoms with van der Waals surface area (Å²) in [5, 5.41) is 7.31. The zero-order valence-electron chi connectivity index (χ0n) is 15.2. The molecule has 0 aliphatic rings. The lowest BCUT2D eigenvalue weighted by Crippen LogP contribution is -2.15. The second-order valence-corrected chi connectivity index (χ2v) is 6.98. The number of rotatable bonds is 7. The van der Waals surface area contributed by atoms with Crippen molar-refractivity contribution in [3.8, 4) is 23.0 Å². The first-order chi connectivity index (χ1) is 13.4. The van der Waals surface area contributed by atoms with E-state index in [4.69, 9.17) is 13.9 Å². The van der Waals surface area contributed by atoms with Crippen molar-refractivity contribution in [1.29, 1.82) is 0 Å². The van der Waals surface area contributed by atoms with E-state index in [9.17, 15) is 13.6 Å². The molecule has 28 heavy (non-hydrogen) atoms. The Morgan fingerprint density at radius 3 is 2.50 bits per heavy atom. The number of ketones is 1.